The lowest BCUT2D eigenvalue weighted by Gasteiger charge is -2.30. The molecule has 2 N–H and O–H groups in total. The molecule has 1 aromatic heterocycles. The summed E-state index contributed by atoms with van der Waals surface area (Å²) < 4.78 is 1.16. The Kier molecular flexibility index (Phi) is 4.97. The Morgan fingerprint density at radius 1 is 1.26 bits per heavy atom. The summed E-state index contributed by atoms with van der Waals surface area (Å²) in [6, 6.07) is 7.79. The Bertz CT molecular complexity index is 1020. The van der Waals surface area contributed by atoms with Crippen molar-refractivity contribution in [3.63, 3.8) is 0 Å². The van der Waals surface area contributed by atoms with Crippen LogP contribution in [-0.2, 0) is 12.0 Å². The van der Waals surface area contributed by atoms with Gasteiger partial charge in [-0.15, -0.1) is 11.6 Å². The lowest BCUT2D eigenvalue weighted by atomic mass is 9.86. The van der Waals surface area contributed by atoms with Crippen LogP contribution in [0.3, 0.4) is 0 Å². The average Bonchev–Trinajstić information content (AvgIpc) is 2.56. The topological polar surface area (TPSA) is 88.0 Å². The van der Waals surface area contributed by atoms with E-state index in [2.05, 4.69) is 10.1 Å². The van der Waals surface area contributed by atoms with E-state index in [4.69, 9.17) is 11.6 Å². The zero-order valence-corrected chi connectivity index (χ0v) is 16.2. The number of alkyl halides is 1. The number of hydrogen-bond donors (Lipinski definition) is 2. The second-order valence-corrected chi connectivity index (χ2v) is 8.34. The zero-order valence-electron chi connectivity index (χ0n) is 15.5. The van der Waals surface area contributed by atoms with Crippen molar-refractivity contribution >= 4 is 17.3 Å². The van der Waals surface area contributed by atoms with E-state index in [1.807, 2.05) is 37.3 Å². The molecule has 142 valence electrons. The third kappa shape index (κ3) is 4.28. The molecule has 0 bridgehead atoms. The van der Waals surface area contributed by atoms with Crippen molar-refractivity contribution in [2.75, 3.05) is 0 Å². The molecule has 0 radical (unpaired) electrons. The Labute approximate surface area is 161 Å². The number of allylic oxidation sites excluding steroid dienone is 4. The number of rotatable bonds is 4. The molecule has 27 heavy (non-hydrogen) atoms. The van der Waals surface area contributed by atoms with Crippen LogP contribution in [0.25, 0.3) is 5.70 Å². The van der Waals surface area contributed by atoms with Crippen LogP contribution in [0.1, 0.15) is 38.3 Å². The van der Waals surface area contributed by atoms with Gasteiger partial charge in [-0.05, 0) is 50.0 Å². The van der Waals surface area contributed by atoms with E-state index in [1.165, 1.54) is 0 Å². The molecular weight excluding hydrogens is 366 g/mol. The first-order valence-corrected chi connectivity index (χ1v) is 9.04. The molecule has 1 aliphatic rings. The Balaban J connectivity index is 1.88. The summed E-state index contributed by atoms with van der Waals surface area (Å²) in [5.41, 5.74) is 1.57. The molecule has 1 aliphatic carbocycles. The number of aromatic nitrogens is 3. The highest BCUT2D eigenvalue weighted by atomic mass is 35.5. The number of hydrogen-bond acceptors (Lipinski definition) is 4. The first-order chi connectivity index (χ1) is 12.6. The van der Waals surface area contributed by atoms with Crippen LogP contribution in [0.5, 0.6) is 0 Å². The number of H-pyrrole nitrogens is 1. The van der Waals surface area contributed by atoms with Crippen LogP contribution in [-0.4, -0.2) is 24.7 Å². The highest BCUT2D eigenvalue weighted by Crippen LogP contribution is 2.38. The summed E-state index contributed by atoms with van der Waals surface area (Å²) >= 11 is 6.76. The summed E-state index contributed by atoms with van der Waals surface area (Å²) in [6.45, 7) is 5.40. The number of benzene rings is 1. The zero-order chi connectivity index (χ0) is 19.8. The maximum atomic E-state index is 12.0. The summed E-state index contributed by atoms with van der Waals surface area (Å²) in [4.78, 5) is 24.7. The second kappa shape index (κ2) is 6.94. The largest absolute Gasteiger partial charge is 0.386 e. The van der Waals surface area contributed by atoms with Crippen LogP contribution >= 0.6 is 11.6 Å². The number of nitrogens with one attached hydrogen (secondary N) is 1. The monoisotopic (exact) mass is 387 g/mol. The predicted molar refractivity (Wildman–Crippen MR) is 106 cm³/mol. The van der Waals surface area contributed by atoms with Gasteiger partial charge in [0.2, 0.25) is 0 Å². The summed E-state index contributed by atoms with van der Waals surface area (Å²) in [6.07, 6.45) is 5.83. The van der Waals surface area contributed by atoms with Crippen LogP contribution in [0.15, 0.2) is 57.8 Å². The molecule has 6 nitrogen and oxygen atoms in total. The molecule has 0 amide bonds. The summed E-state index contributed by atoms with van der Waals surface area (Å²) in [7, 11) is 0. The van der Waals surface area contributed by atoms with E-state index in [0.717, 1.165) is 27.6 Å². The molecule has 1 heterocycles. The van der Waals surface area contributed by atoms with Gasteiger partial charge in [-0.1, -0.05) is 30.3 Å². The molecule has 0 fully saturated rings. The van der Waals surface area contributed by atoms with Crippen molar-refractivity contribution in [2.24, 2.45) is 0 Å². The van der Waals surface area contributed by atoms with Gasteiger partial charge >= 0.3 is 5.69 Å². The van der Waals surface area contributed by atoms with Crippen molar-refractivity contribution in [1.29, 1.82) is 0 Å². The second-order valence-electron chi connectivity index (χ2n) is 7.51. The Morgan fingerprint density at radius 3 is 2.48 bits per heavy atom. The van der Waals surface area contributed by atoms with Gasteiger partial charge < -0.3 is 5.11 Å². The van der Waals surface area contributed by atoms with Crippen LogP contribution < -0.4 is 11.2 Å². The van der Waals surface area contributed by atoms with E-state index >= 15 is 0 Å². The SMILES string of the molecule is CC1(Cl)CC(n2ncc(=O)[nH]c2=O)=CC=C1Cc1ccc(C(C)(C)O)cc1. The van der Waals surface area contributed by atoms with E-state index in [0.29, 0.717) is 18.5 Å². The molecule has 0 aliphatic heterocycles. The molecule has 7 heteroatoms. The molecule has 0 saturated heterocycles. The molecule has 1 aromatic carbocycles. The maximum Gasteiger partial charge on any atom is 0.349 e. The van der Waals surface area contributed by atoms with Gasteiger partial charge in [-0.25, -0.2) is 4.79 Å². The molecule has 3 rings (SSSR count). The van der Waals surface area contributed by atoms with E-state index in [-0.39, 0.29) is 0 Å². The summed E-state index contributed by atoms with van der Waals surface area (Å²) in [5.74, 6) is 0. The van der Waals surface area contributed by atoms with Crippen molar-refractivity contribution in [3.8, 4) is 0 Å². The minimum absolute atomic E-state index is 0.404. The minimum atomic E-state index is -0.877. The standard InChI is InChI=1S/C20H22ClN3O3/c1-19(2,27)14-6-4-13(5-7-14)10-15-8-9-16(11-20(15,3)21)24-18(26)23-17(25)12-22-24/h4-9,12,27H,10-11H2,1-3H3,(H,23,25,26). The number of aliphatic hydroxyl groups is 1. The number of halogens is 1. The fraction of sp³-hybridized carbons (Fsp3) is 0.350. The van der Waals surface area contributed by atoms with Gasteiger partial charge in [-0.2, -0.15) is 9.78 Å². The van der Waals surface area contributed by atoms with Crippen molar-refractivity contribution < 1.29 is 5.11 Å². The first kappa shape index (κ1) is 19.3. The Morgan fingerprint density at radius 2 is 1.93 bits per heavy atom. The highest BCUT2D eigenvalue weighted by Gasteiger charge is 2.31. The fourth-order valence-electron chi connectivity index (χ4n) is 3.08. The number of aromatic amines is 1. The van der Waals surface area contributed by atoms with Crippen molar-refractivity contribution in [3.05, 3.63) is 80.2 Å². The average molecular weight is 388 g/mol. The van der Waals surface area contributed by atoms with Crippen molar-refractivity contribution in [1.82, 2.24) is 14.8 Å². The van der Waals surface area contributed by atoms with E-state index in [1.54, 1.807) is 19.9 Å². The molecule has 0 saturated carbocycles. The molecule has 1 atom stereocenters. The van der Waals surface area contributed by atoms with Crippen LogP contribution in [0.2, 0.25) is 0 Å². The third-order valence-electron chi connectivity index (χ3n) is 4.70. The third-order valence-corrected chi connectivity index (χ3v) is 5.08. The van der Waals surface area contributed by atoms with Crippen LogP contribution in [0.4, 0.5) is 0 Å². The maximum absolute atomic E-state index is 12.0. The van der Waals surface area contributed by atoms with Gasteiger partial charge in [0.25, 0.3) is 5.56 Å². The molecule has 1 unspecified atom stereocenters. The normalized spacial score (nSPS) is 20.2. The fourth-order valence-corrected chi connectivity index (χ4v) is 3.35. The van der Waals surface area contributed by atoms with E-state index < -0.39 is 21.7 Å². The highest BCUT2D eigenvalue weighted by molar-refractivity contribution is 6.26. The number of nitrogens with zero attached hydrogens (tertiary/aromatic N) is 2. The molecule has 2 aromatic rings. The lowest BCUT2D eigenvalue weighted by molar-refractivity contribution is 0.0786. The van der Waals surface area contributed by atoms with Gasteiger partial charge in [-0.3, -0.25) is 9.78 Å². The summed E-state index contributed by atoms with van der Waals surface area (Å²) in [5, 5.41) is 14.0. The van der Waals surface area contributed by atoms with Gasteiger partial charge in [0.1, 0.15) is 6.20 Å². The Hall–Kier alpha value is -2.44. The predicted octanol–water partition coefficient (Wildman–Crippen LogP) is 2.57. The minimum Gasteiger partial charge on any atom is -0.386 e. The van der Waals surface area contributed by atoms with Crippen molar-refractivity contribution in [2.45, 2.75) is 44.1 Å². The molecular formula is C20H22ClN3O3. The van der Waals surface area contributed by atoms with Gasteiger partial charge in [0.05, 0.1) is 10.5 Å². The molecule has 0 spiro atoms. The smallest absolute Gasteiger partial charge is 0.349 e. The van der Waals surface area contributed by atoms with Crippen LogP contribution in [0, 0.1) is 0 Å². The van der Waals surface area contributed by atoms with E-state index in [9.17, 15) is 14.7 Å². The van der Waals surface area contributed by atoms with Gasteiger partial charge in [0, 0.05) is 12.1 Å². The lowest BCUT2D eigenvalue weighted by Crippen LogP contribution is -2.34. The van der Waals surface area contributed by atoms with Gasteiger partial charge in [0.15, 0.2) is 0 Å². The quantitative estimate of drug-likeness (QED) is 0.789. The first-order valence-electron chi connectivity index (χ1n) is 8.66.